The van der Waals surface area contributed by atoms with Gasteiger partial charge in [0.2, 0.25) is 0 Å². The zero-order valence-electron chi connectivity index (χ0n) is 14.7. The smallest absolute Gasteiger partial charge is 0.0263 e. The number of nitrogens with zero attached hydrogens (tertiary/aromatic N) is 1. The average Bonchev–Trinajstić information content (AvgIpc) is 3.04. The van der Waals surface area contributed by atoms with Crippen LogP contribution in [-0.4, -0.2) is 19.0 Å². The summed E-state index contributed by atoms with van der Waals surface area (Å²) >= 11 is 0. The fourth-order valence-electron chi connectivity index (χ4n) is 3.51. The molecule has 2 heteroatoms. The molecule has 124 valence electrons. The maximum Gasteiger partial charge on any atom is 0.0263 e. The summed E-state index contributed by atoms with van der Waals surface area (Å²) in [5.74, 6) is 0. The monoisotopic (exact) mass is 343 g/mol. The van der Waals surface area contributed by atoms with Crippen molar-refractivity contribution in [2.24, 2.45) is 0 Å². The number of likely N-dealkylation sites (N-methyl/N-ethyl adjacent to an activating group) is 1. The predicted octanol–water partition coefficient (Wildman–Crippen LogP) is 4.61. The third kappa shape index (κ3) is 3.01. The van der Waals surface area contributed by atoms with Crippen LogP contribution in [0.3, 0.4) is 0 Å². The summed E-state index contributed by atoms with van der Waals surface area (Å²) in [7, 11) is 3.77. The Bertz CT molecular complexity index is 858. The normalized spacial score (nSPS) is 13.2. The molecule has 4 rings (SSSR count). The Hall–Kier alpha value is -2.37. The number of hydrogen-bond acceptors (Lipinski definition) is 1. The minimum atomic E-state index is -0.572. The number of fused-ring (bicyclic) bond motifs is 1. The van der Waals surface area contributed by atoms with Crippen molar-refractivity contribution in [3.8, 4) is 0 Å². The lowest BCUT2D eigenvalue weighted by Gasteiger charge is -2.25. The summed E-state index contributed by atoms with van der Waals surface area (Å²) in [5, 5.41) is 4.33. The fraction of sp³-hybridized carbons (Fsp3) is 0.130. The Kier molecular flexibility index (Phi) is 4.42. The molecule has 0 aromatic heterocycles. The zero-order valence-corrected chi connectivity index (χ0v) is 15.6. The van der Waals surface area contributed by atoms with Crippen molar-refractivity contribution in [3.05, 3.63) is 102 Å². The largest absolute Gasteiger partial charge is 0.380 e. The fourth-order valence-corrected chi connectivity index (χ4v) is 6.26. The lowest BCUT2D eigenvalue weighted by molar-refractivity contribution is 0.506. The van der Waals surface area contributed by atoms with Crippen LogP contribution in [0.15, 0.2) is 90.6 Å². The van der Waals surface area contributed by atoms with Gasteiger partial charge in [0.15, 0.2) is 0 Å². The number of allylic oxidation sites excluding steroid dienone is 1. The lowest BCUT2D eigenvalue weighted by Crippen LogP contribution is -2.16. The molecule has 0 amide bonds. The zero-order chi connectivity index (χ0) is 17.2. The standard InChI is InChI=1S/C23H22NP/c1-24(2)22-17-18-11-9-10-16-21(18)23(22)25(19-12-5-3-6-13-19)20-14-7-4-8-15-20/h3-16H,17H2,1-2H3. The average molecular weight is 343 g/mol. The highest BCUT2D eigenvalue weighted by Crippen LogP contribution is 2.54. The van der Waals surface area contributed by atoms with E-state index in [4.69, 9.17) is 0 Å². The van der Waals surface area contributed by atoms with E-state index in [0.29, 0.717) is 0 Å². The molecule has 25 heavy (non-hydrogen) atoms. The van der Waals surface area contributed by atoms with E-state index >= 15 is 0 Å². The van der Waals surface area contributed by atoms with Crippen LogP contribution in [0.4, 0.5) is 0 Å². The van der Waals surface area contributed by atoms with Gasteiger partial charge in [-0.2, -0.15) is 0 Å². The van der Waals surface area contributed by atoms with Crippen molar-refractivity contribution in [1.29, 1.82) is 0 Å². The molecule has 0 aliphatic heterocycles. The van der Waals surface area contributed by atoms with E-state index in [0.717, 1.165) is 6.42 Å². The van der Waals surface area contributed by atoms with Crippen LogP contribution in [0.2, 0.25) is 0 Å². The molecule has 0 atom stereocenters. The van der Waals surface area contributed by atoms with Gasteiger partial charge in [-0.25, -0.2) is 0 Å². The molecule has 0 heterocycles. The highest BCUT2D eigenvalue weighted by atomic mass is 31.1. The number of hydrogen-bond donors (Lipinski definition) is 0. The third-order valence-corrected chi connectivity index (χ3v) is 7.27. The van der Waals surface area contributed by atoms with Gasteiger partial charge in [0.05, 0.1) is 0 Å². The van der Waals surface area contributed by atoms with Gasteiger partial charge < -0.3 is 4.90 Å². The molecular formula is C23H22NP. The van der Waals surface area contributed by atoms with Crippen molar-refractivity contribution in [2.45, 2.75) is 6.42 Å². The SMILES string of the molecule is CN(C)C1=C(P(c2ccccc2)c2ccccc2)c2ccccc2C1. The molecule has 0 saturated carbocycles. The Morgan fingerprint density at radius 1 is 0.680 bits per heavy atom. The van der Waals surface area contributed by atoms with Gasteiger partial charge >= 0.3 is 0 Å². The summed E-state index contributed by atoms with van der Waals surface area (Å²) in [4.78, 5) is 2.30. The first-order valence-corrected chi connectivity index (χ1v) is 9.99. The topological polar surface area (TPSA) is 3.24 Å². The van der Waals surface area contributed by atoms with Gasteiger partial charge in [0.25, 0.3) is 0 Å². The molecule has 1 aliphatic rings. The molecule has 0 N–H and O–H groups in total. The van der Waals surface area contributed by atoms with Gasteiger partial charge in [-0.05, 0) is 29.7 Å². The summed E-state index contributed by atoms with van der Waals surface area (Å²) < 4.78 is 0. The Morgan fingerprint density at radius 2 is 1.20 bits per heavy atom. The van der Waals surface area contributed by atoms with Crippen LogP contribution < -0.4 is 10.6 Å². The first kappa shape index (κ1) is 16.1. The molecule has 0 bridgehead atoms. The Labute approximate surface area is 151 Å². The van der Waals surface area contributed by atoms with E-state index in [-0.39, 0.29) is 0 Å². The van der Waals surface area contributed by atoms with E-state index in [1.807, 2.05) is 0 Å². The highest BCUT2D eigenvalue weighted by Gasteiger charge is 2.30. The van der Waals surface area contributed by atoms with Crippen LogP contribution in [0, 0.1) is 0 Å². The van der Waals surface area contributed by atoms with Crippen LogP contribution in [0.1, 0.15) is 11.1 Å². The van der Waals surface area contributed by atoms with Crippen molar-refractivity contribution < 1.29 is 0 Å². The summed E-state index contributed by atoms with van der Waals surface area (Å²) in [5.41, 5.74) is 4.31. The molecule has 0 unspecified atom stereocenters. The van der Waals surface area contributed by atoms with Crippen LogP contribution in [-0.2, 0) is 6.42 Å². The summed E-state index contributed by atoms with van der Waals surface area (Å²) in [6.45, 7) is 0. The minimum Gasteiger partial charge on any atom is -0.380 e. The Balaban J connectivity index is 1.96. The second-order valence-corrected chi connectivity index (χ2v) is 8.68. The van der Waals surface area contributed by atoms with E-state index < -0.39 is 7.92 Å². The van der Waals surface area contributed by atoms with E-state index in [1.165, 1.54) is 32.7 Å². The van der Waals surface area contributed by atoms with Crippen molar-refractivity contribution in [3.63, 3.8) is 0 Å². The second kappa shape index (κ2) is 6.86. The van der Waals surface area contributed by atoms with Gasteiger partial charge in [-0.3, -0.25) is 0 Å². The predicted molar refractivity (Wildman–Crippen MR) is 110 cm³/mol. The van der Waals surface area contributed by atoms with Gasteiger partial charge in [-0.15, -0.1) is 0 Å². The molecule has 0 spiro atoms. The molecule has 1 nitrogen and oxygen atoms in total. The third-order valence-electron chi connectivity index (χ3n) is 4.70. The molecule has 0 fully saturated rings. The molecule has 3 aromatic carbocycles. The first-order valence-electron chi connectivity index (χ1n) is 8.64. The van der Waals surface area contributed by atoms with Gasteiger partial charge in [-0.1, -0.05) is 84.9 Å². The Morgan fingerprint density at radius 3 is 1.76 bits per heavy atom. The minimum absolute atomic E-state index is 0.572. The molecular weight excluding hydrogens is 321 g/mol. The van der Waals surface area contributed by atoms with Crippen LogP contribution in [0.25, 0.3) is 5.31 Å². The van der Waals surface area contributed by atoms with E-state index in [9.17, 15) is 0 Å². The molecule has 1 aliphatic carbocycles. The van der Waals surface area contributed by atoms with Gasteiger partial charge in [0, 0.05) is 31.5 Å². The van der Waals surface area contributed by atoms with Crippen LogP contribution in [0.5, 0.6) is 0 Å². The first-order chi connectivity index (χ1) is 12.3. The van der Waals surface area contributed by atoms with Crippen molar-refractivity contribution in [1.82, 2.24) is 4.90 Å². The van der Waals surface area contributed by atoms with Gasteiger partial charge in [0.1, 0.15) is 0 Å². The molecule has 0 radical (unpaired) electrons. The quantitative estimate of drug-likeness (QED) is 0.626. The summed E-state index contributed by atoms with van der Waals surface area (Å²) in [6.07, 6.45) is 1.02. The number of rotatable bonds is 4. The molecule has 0 saturated heterocycles. The van der Waals surface area contributed by atoms with Crippen LogP contribution >= 0.6 is 7.92 Å². The molecule has 3 aromatic rings. The number of benzene rings is 3. The second-order valence-electron chi connectivity index (χ2n) is 6.53. The van der Waals surface area contributed by atoms with E-state index in [1.54, 1.807) is 0 Å². The van der Waals surface area contributed by atoms with E-state index in [2.05, 4.69) is 104 Å². The highest BCUT2D eigenvalue weighted by molar-refractivity contribution is 7.82. The van der Waals surface area contributed by atoms with Crippen molar-refractivity contribution in [2.75, 3.05) is 14.1 Å². The van der Waals surface area contributed by atoms with Crippen molar-refractivity contribution >= 4 is 23.8 Å². The maximum absolute atomic E-state index is 2.30. The lowest BCUT2D eigenvalue weighted by atomic mass is 10.1. The maximum atomic E-state index is 2.30. The summed E-state index contributed by atoms with van der Waals surface area (Å²) in [6, 6.07) is 30.8.